The molecular weight excluding hydrogens is 218 g/mol. The van der Waals surface area contributed by atoms with Crippen LogP contribution in [-0.2, 0) is 16.2 Å². The van der Waals surface area contributed by atoms with Crippen molar-refractivity contribution in [2.75, 3.05) is 6.61 Å². The summed E-state index contributed by atoms with van der Waals surface area (Å²) in [6.45, 7) is 2.98. The minimum absolute atomic E-state index is 0.159. The molecule has 14 heavy (non-hydrogen) atoms. The maximum atomic E-state index is 5.81. The minimum atomic E-state index is -0.159. The summed E-state index contributed by atoms with van der Waals surface area (Å²) in [6, 6.07) is 0. The van der Waals surface area contributed by atoms with E-state index in [1.54, 1.807) is 11.3 Å². The van der Waals surface area contributed by atoms with Gasteiger partial charge in [0.15, 0.2) is 0 Å². The molecule has 0 N–H and O–H groups in total. The smallest absolute Gasteiger partial charge is 0.125 e. The van der Waals surface area contributed by atoms with Crippen LogP contribution in [0.25, 0.3) is 0 Å². The lowest BCUT2D eigenvalue weighted by molar-refractivity contribution is -0.0702. The molecule has 0 bridgehead atoms. The Hall–Kier alpha value is -0.120. The van der Waals surface area contributed by atoms with Crippen molar-refractivity contribution in [3.8, 4) is 0 Å². The molecule has 0 spiro atoms. The zero-order chi connectivity index (χ0) is 10.0. The van der Waals surface area contributed by atoms with Crippen molar-refractivity contribution in [3.63, 3.8) is 0 Å². The molecule has 1 aliphatic heterocycles. The van der Waals surface area contributed by atoms with Gasteiger partial charge in [-0.1, -0.05) is 0 Å². The van der Waals surface area contributed by atoms with E-state index in [1.165, 1.54) is 12.8 Å². The van der Waals surface area contributed by atoms with Gasteiger partial charge in [0.1, 0.15) is 10.6 Å². The molecule has 2 nitrogen and oxygen atoms in total. The molecule has 1 fully saturated rings. The predicted molar refractivity (Wildman–Crippen MR) is 58.8 cm³/mol. The number of hydrogen-bond acceptors (Lipinski definition) is 3. The zero-order valence-corrected chi connectivity index (χ0v) is 9.83. The summed E-state index contributed by atoms with van der Waals surface area (Å²) in [4.78, 5) is 4.49. The maximum absolute atomic E-state index is 5.81. The van der Waals surface area contributed by atoms with Crippen molar-refractivity contribution in [3.05, 3.63) is 16.1 Å². The van der Waals surface area contributed by atoms with E-state index in [0.717, 1.165) is 23.7 Å². The second-order valence-electron chi connectivity index (χ2n) is 3.81. The minimum Gasteiger partial charge on any atom is -0.368 e. The number of alkyl halides is 1. The second-order valence-corrected chi connectivity index (χ2v) is 4.94. The highest BCUT2D eigenvalue weighted by Gasteiger charge is 2.32. The molecule has 1 atom stereocenters. The number of nitrogens with zero attached hydrogens (tertiary/aromatic N) is 1. The number of rotatable bonds is 2. The van der Waals surface area contributed by atoms with E-state index in [9.17, 15) is 0 Å². The second kappa shape index (κ2) is 4.17. The fourth-order valence-electron chi connectivity index (χ4n) is 1.71. The van der Waals surface area contributed by atoms with E-state index >= 15 is 0 Å². The van der Waals surface area contributed by atoms with Gasteiger partial charge in [-0.25, -0.2) is 4.98 Å². The Labute approximate surface area is 93.3 Å². The van der Waals surface area contributed by atoms with Crippen molar-refractivity contribution < 1.29 is 4.74 Å². The first-order chi connectivity index (χ1) is 6.74. The third-order valence-corrected chi connectivity index (χ3v) is 4.02. The Morgan fingerprint density at radius 3 is 3.07 bits per heavy atom. The van der Waals surface area contributed by atoms with Crippen molar-refractivity contribution in [2.45, 2.75) is 37.7 Å². The van der Waals surface area contributed by atoms with E-state index in [2.05, 4.69) is 11.9 Å². The molecule has 0 amide bonds. The maximum Gasteiger partial charge on any atom is 0.125 e. The molecule has 0 aromatic carbocycles. The van der Waals surface area contributed by atoms with Crippen molar-refractivity contribution in [2.24, 2.45) is 0 Å². The molecule has 78 valence electrons. The fourth-order valence-corrected chi connectivity index (χ4v) is 2.91. The van der Waals surface area contributed by atoms with Crippen LogP contribution >= 0.6 is 22.9 Å². The SMILES string of the molecule is CC1(c2nc(CCl)cs2)CCCCO1. The number of hydrogen-bond donors (Lipinski definition) is 0. The molecule has 2 heterocycles. The number of halogens is 1. The molecule has 1 aliphatic rings. The molecular formula is C10H14ClNOS. The van der Waals surface area contributed by atoms with Crippen molar-refractivity contribution >= 4 is 22.9 Å². The van der Waals surface area contributed by atoms with Gasteiger partial charge in [0, 0.05) is 12.0 Å². The highest BCUT2D eigenvalue weighted by molar-refractivity contribution is 7.09. The van der Waals surface area contributed by atoms with Crippen molar-refractivity contribution in [1.82, 2.24) is 4.98 Å². The lowest BCUT2D eigenvalue weighted by Crippen LogP contribution is -2.30. The molecule has 4 heteroatoms. The molecule has 1 unspecified atom stereocenters. The first-order valence-electron chi connectivity index (χ1n) is 4.89. The third kappa shape index (κ3) is 1.95. The molecule has 0 saturated carbocycles. The average Bonchev–Trinajstić information content (AvgIpc) is 2.67. The zero-order valence-electron chi connectivity index (χ0n) is 8.25. The fraction of sp³-hybridized carbons (Fsp3) is 0.700. The van der Waals surface area contributed by atoms with E-state index in [4.69, 9.17) is 16.3 Å². The highest BCUT2D eigenvalue weighted by Crippen LogP contribution is 2.36. The molecule has 2 rings (SSSR count). The third-order valence-electron chi connectivity index (χ3n) is 2.61. The van der Waals surface area contributed by atoms with Crippen LogP contribution in [0.3, 0.4) is 0 Å². The van der Waals surface area contributed by atoms with Crippen LogP contribution in [0.5, 0.6) is 0 Å². The summed E-state index contributed by atoms with van der Waals surface area (Å²) in [6.07, 6.45) is 3.47. The lowest BCUT2D eigenvalue weighted by Gasteiger charge is -2.31. The van der Waals surface area contributed by atoms with Crippen LogP contribution in [0.15, 0.2) is 5.38 Å². The van der Waals surface area contributed by atoms with E-state index in [0.29, 0.717) is 5.88 Å². The Morgan fingerprint density at radius 1 is 1.64 bits per heavy atom. The summed E-state index contributed by atoms with van der Waals surface area (Å²) in [5, 5.41) is 3.10. The van der Waals surface area contributed by atoms with E-state index < -0.39 is 0 Å². The van der Waals surface area contributed by atoms with E-state index in [-0.39, 0.29) is 5.60 Å². The molecule has 1 saturated heterocycles. The highest BCUT2D eigenvalue weighted by atomic mass is 35.5. The van der Waals surface area contributed by atoms with Crippen LogP contribution < -0.4 is 0 Å². The quantitative estimate of drug-likeness (QED) is 0.729. The number of ether oxygens (including phenoxy) is 1. The molecule has 1 aromatic rings. The predicted octanol–water partition coefficient (Wildman–Crippen LogP) is 3.30. The lowest BCUT2D eigenvalue weighted by atomic mass is 9.97. The largest absolute Gasteiger partial charge is 0.368 e. The normalized spacial score (nSPS) is 27.9. The van der Waals surface area contributed by atoms with Crippen LogP contribution in [0.1, 0.15) is 36.9 Å². The molecule has 0 aliphatic carbocycles. The van der Waals surface area contributed by atoms with Gasteiger partial charge in [-0.05, 0) is 26.2 Å². The monoisotopic (exact) mass is 231 g/mol. The van der Waals surface area contributed by atoms with Crippen LogP contribution in [0, 0.1) is 0 Å². The number of thiazole rings is 1. The summed E-state index contributed by atoms with van der Waals surface area (Å²) < 4.78 is 5.81. The first-order valence-corrected chi connectivity index (χ1v) is 6.31. The van der Waals surface area contributed by atoms with Crippen LogP contribution in [0.2, 0.25) is 0 Å². The number of aromatic nitrogens is 1. The topological polar surface area (TPSA) is 22.1 Å². The summed E-state index contributed by atoms with van der Waals surface area (Å²) in [7, 11) is 0. The van der Waals surface area contributed by atoms with Gasteiger partial charge in [-0.2, -0.15) is 0 Å². The van der Waals surface area contributed by atoms with Gasteiger partial charge in [-0.3, -0.25) is 0 Å². The standard InChI is InChI=1S/C10H14ClNOS/c1-10(4-2-3-5-13-10)9-12-8(6-11)7-14-9/h7H,2-6H2,1H3. The Bertz CT molecular complexity index is 307. The van der Waals surface area contributed by atoms with Gasteiger partial charge in [0.2, 0.25) is 0 Å². The van der Waals surface area contributed by atoms with Gasteiger partial charge in [0.25, 0.3) is 0 Å². The Balaban J connectivity index is 2.19. The van der Waals surface area contributed by atoms with Gasteiger partial charge >= 0.3 is 0 Å². The average molecular weight is 232 g/mol. The summed E-state index contributed by atoms with van der Waals surface area (Å²) in [5.74, 6) is 0.493. The van der Waals surface area contributed by atoms with Gasteiger partial charge < -0.3 is 4.74 Å². The first kappa shape index (κ1) is 10.4. The van der Waals surface area contributed by atoms with Crippen LogP contribution in [-0.4, -0.2) is 11.6 Å². The van der Waals surface area contributed by atoms with Gasteiger partial charge in [-0.15, -0.1) is 22.9 Å². The van der Waals surface area contributed by atoms with E-state index in [1.807, 2.05) is 5.38 Å². The molecule has 0 radical (unpaired) electrons. The Kier molecular flexibility index (Phi) is 3.10. The molecule has 1 aromatic heterocycles. The Morgan fingerprint density at radius 2 is 2.50 bits per heavy atom. The summed E-state index contributed by atoms with van der Waals surface area (Å²) in [5.41, 5.74) is 0.801. The summed E-state index contributed by atoms with van der Waals surface area (Å²) >= 11 is 7.39. The van der Waals surface area contributed by atoms with Crippen LogP contribution in [0.4, 0.5) is 0 Å². The van der Waals surface area contributed by atoms with Gasteiger partial charge in [0.05, 0.1) is 11.6 Å². The van der Waals surface area contributed by atoms with Crippen molar-refractivity contribution in [1.29, 1.82) is 0 Å².